The average molecular weight is 266 g/mol. The van der Waals surface area contributed by atoms with Crippen molar-refractivity contribution < 1.29 is 39.8 Å². The number of carbonyl (C=O) groups is 1. The Labute approximate surface area is 103 Å². The molecule has 1 aliphatic rings. The lowest BCUT2D eigenvalue weighted by molar-refractivity contribution is -0.310. The number of hydrogen-bond donors (Lipinski definition) is 5. The van der Waals surface area contributed by atoms with Crippen LogP contribution in [0.2, 0.25) is 0 Å². The van der Waals surface area contributed by atoms with Crippen LogP contribution < -0.4 is 0 Å². The Morgan fingerprint density at radius 2 is 1.89 bits per heavy atom. The Balaban J connectivity index is 2.61. The third-order valence-corrected chi connectivity index (χ3v) is 2.68. The lowest BCUT2D eigenvalue weighted by atomic mass is 9.99. The van der Waals surface area contributed by atoms with Gasteiger partial charge in [0.2, 0.25) is 0 Å². The van der Waals surface area contributed by atoms with Crippen molar-refractivity contribution in [3.05, 3.63) is 0 Å². The van der Waals surface area contributed by atoms with Gasteiger partial charge in [-0.3, -0.25) is 4.79 Å². The zero-order valence-electron chi connectivity index (χ0n) is 9.84. The zero-order chi connectivity index (χ0) is 13.9. The molecule has 6 atom stereocenters. The summed E-state index contributed by atoms with van der Waals surface area (Å²) in [6.07, 6.45) is -7.91. The summed E-state index contributed by atoms with van der Waals surface area (Å²) in [6, 6.07) is 0. The lowest BCUT2D eigenvalue weighted by Gasteiger charge is -2.40. The minimum atomic E-state index is -1.53. The Kier molecular flexibility index (Phi) is 5.45. The first-order chi connectivity index (χ1) is 8.36. The van der Waals surface area contributed by atoms with Crippen molar-refractivity contribution >= 4 is 5.97 Å². The molecule has 0 bridgehead atoms. The lowest BCUT2D eigenvalue weighted by Crippen LogP contribution is -2.59. The molecule has 1 aliphatic heterocycles. The first-order valence-electron chi connectivity index (χ1n) is 5.54. The van der Waals surface area contributed by atoms with Gasteiger partial charge >= 0.3 is 5.97 Å². The van der Waals surface area contributed by atoms with Crippen LogP contribution in [0, 0.1) is 0 Å². The van der Waals surface area contributed by atoms with E-state index in [2.05, 4.69) is 0 Å². The average Bonchev–Trinajstić information content (AvgIpc) is 2.29. The van der Waals surface area contributed by atoms with E-state index < -0.39 is 49.4 Å². The van der Waals surface area contributed by atoms with E-state index in [9.17, 15) is 20.1 Å². The molecule has 0 radical (unpaired) electrons. The van der Waals surface area contributed by atoms with Crippen LogP contribution in [0.3, 0.4) is 0 Å². The Morgan fingerprint density at radius 3 is 2.39 bits per heavy atom. The maximum absolute atomic E-state index is 10.5. The highest BCUT2D eigenvalue weighted by atomic mass is 16.7. The van der Waals surface area contributed by atoms with E-state index in [1.807, 2.05) is 0 Å². The topological polar surface area (TPSA) is 137 Å². The highest BCUT2D eigenvalue weighted by Crippen LogP contribution is 2.23. The maximum Gasteiger partial charge on any atom is 0.305 e. The summed E-state index contributed by atoms with van der Waals surface area (Å²) < 4.78 is 10.2. The molecule has 0 spiro atoms. The quantitative estimate of drug-likeness (QED) is 0.373. The van der Waals surface area contributed by atoms with E-state index >= 15 is 0 Å². The summed E-state index contributed by atoms with van der Waals surface area (Å²) in [5.74, 6) is -1.08. The third kappa shape index (κ3) is 3.61. The van der Waals surface area contributed by atoms with Crippen molar-refractivity contribution in [3.8, 4) is 0 Å². The largest absolute Gasteiger partial charge is 0.481 e. The monoisotopic (exact) mass is 266 g/mol. The molecule has 1 fully saturated rings. The number of carboxylic acids is 1. The molecular formula is C10H18O8. The number of rotatable bonds is 5. The molecule has 3 unspecified atom stereocenters. The summed E-state index contributed by atoms with van der Waals surface area (Å²) >= 11 is 0. The molecule has 5 N–H and O–H groups in total. The van der Waals surface area contributed by atoms with Crippen LogP contribution in [-0.4, -0.2) is 74.9 Å². The Morgan fingerprint density at radius 1 is 1.28 bits per heavy atom. The molecule has 106 valence electrons. The van der Waals surface area contributed by atoms with Crippen LogP contribution >= 0.6 is 0 Å². The molecule has 18 heavy (non-hydrogen) atoms. The molecule has 1 saturated heterocycles. The van der Waals surface area contributed by atoms with Crippen LogP contribution in [0.4, 0.5) is 0 Å². The van der Waals surface area contributed by atoms with E-state index in [0.717, 1.165) is 0 Å². The van der Waals surface area contributed by atoms with Crippen LogP contribution in [0.1, 0.15) is 13.3 Å². The molecule has 0 aromatic carbocycles. The van der Waals surface area contributed by atoms with Gasteiger partial charge in [-0.15, -0.1) is 0 Å². The predicted octanol–water partition coefficient (Wildman–Crippen LogP) is -2.33. The number of aliphatic hydroxyl groups excluding tert-OH is 4. The molecule has 0 saturated carbocycles. The van der Waals surface area contributed by atoms with Gasteiger partial charge in [-0.05, 0) is 6.92 Å². The number of carboxylic acid groups (broad SMARTS) is 1. The first-order valence-corrected chi connectivity index (χ1v) is 5.54. The summed E-state index contributed by atoms with van der Waals surface area (Å²) in [4.78, 5) is 10.5. The van der Waals surface area contributed by atoms with Crippen molar-refractivity contribution in [2.24, 2.45) is 0 Å². The Bertz CT molecular complexity index is 281. The standard InChI is InChI=1S/C10H18O8/c1-4(2-6(12)13)17-10-9(16)8(15)7(14)5(3-11)18-10/h4-5,7-11,14-16H,2-3H2,1H3,(H,12,13)/t4?,5?,7-,8-,9?,10+/m0/s1. The van der Waals surface area contributed by atoms with Gasteiger partial charge in [0.15, 0.2) is 6.29 Å². The number of aliphatic hydroxyl groups is 4. The molecule has 8 nitrogen and oxygen atoms in total. The zero-order valence-corrected chi connectivity index (χ0v) is 9.84. The fourth-order valence-electron chi connectivity index (χ4n) is 1.70. The molecular weight excluding hydrogens is 248 g/mol. The van der Waals surface area contributed by atoms with Gasteiger partial charge in [-0.25, -0.2) is 0 Å². The van der Waals surface area contributed by atoms with E-state index in [4.69, 9.17) is 19.7 Å². The van der Waals surface area contributed by atoms with Gasteiger partial charge in [0.1, 0.15) is 24.4 Å². The van der Waals surface area contributed by atoms with Crippen LogP contribution in [0.25, 0.3) is 0 Å². The van der Waals surface area contributed by atoms with Crippen LogP contribution in [-0.2, 0) is 14.3 Å². The molecule has 1 rings (SSSR count). The van der Waals surface area contributed by atoms with Gasteiger partial charge in [-0.1, -0.05) is 0 Å². The highest BCUT2D eigenvalue weighted by molar-refractivity contribution is 5.67. The van der Waals surface area contributed by atoms with Gasteiger partial charge < -0.3 is 35.0 Å². The van der Waals surface area contributed by atoms with E-state index in [0.29, 0.717) is 0 Å². The van der Waals surface area contributed by atoms with Gasteiger partial charge in [0.05, 0.1) is 19.1 Å². The first kappa shape index (κ1) is 15.3. The van der Waals surface area contributed by atoms with Gasteiger partial charge in [-0.2, -0.15) is 0 Å². The second kappa shape index (κ2) is 6.41. The van der Waals surface area contributed by atoms with Gasteiger partial charge in [0, 0.05) is 0 Å². The van der Waals surface area contributed by atoms with Crippen molar-refractivity contribution in [1.29, 1.82) is 0 Å². The van der Waals surface area contributed by atoms with Crippen LogP contribution in [0.5, 0.6) is 0 Å². The summed E-state index contributed by atoms with van der Waals surface area (Å²) in [6.45, 7) is 0.910. The van der Waals surface area contributed by atoms with Crippen molar-refractivity contribution in [2.75, 3.05) is 6.61 Å². The summed E-state index contributed by atoms with van der Waals surface area (Å²) in [5, 5.41) is 46.1. The second-order valence-electron chi connectivity index (χ2n) is 4.24. The highest BCUT2D eigenvalue weighted by Gasteiger charge is 2.44. The molecule has 0 amide bonds. The fourth-order valence-corrected chi connectivity index (χ4v) is 1.70. The maximum atomic E-state index is 10.5. The molecule has 0 aromatic rings. The minimum absolute atomic E-state index is 0.297. The van der Waals surface area contributed by atoms with Crippen molar-refractivity contribution in [3.63, 3.8) is 0 Å². The van der Waals surface area contributed by atoms with Gasteiger partial charge in [0.25, 0.3) is 0 Å². The van der Waals surface area contributed by atoms with E-state index in [1.54, 1.807) is 0 Å². The number of aliphatic carboxylic acids is 1. The van der Waals surface area contributed by atoms with Crippen molar-refractivity contribution in [2.45, 2.75) is 50.2 Å². The summed E-state index contributed by atoms with van der Waals surface area (Å²) in [7, 11) is 0. The van der Waals surface area contributed by atoms with E-state index in [-0.39, 0.29) is 6.42 Å². The second-order valence-corrected chi connectivity index (χ2v) is 4.24. The normalized spacial score (nSPS) is 38.4. The van der Waals surface area contributed by atoms with Crippen molar-refractivity contribution in [1.82, 2.24) is 0 Å². The molecule has 8 heteroatoms. The Hall–Kier alpha value is -0.770. The fraction of sp³-hybridized carbons (Fsp3) is 0.900. The number of ether oxygens (including phenoxy) is 2. The summed E-state index contributed by atoms with van der Waals surface area (Å²) in [5.41, 5.74) is 0. The SMILES string of the molecule is CC(CC(=O)O)O[C@@H]1OC(CO)[C@H](O)[C@H](O)C1O. The predicted molar refractivity (Wildman–Crippen MR) is 56.6 cm³/mol. The minimum Gasteiger partial charge on any atom is -0.481 e. The number of hydrogen-bond acceptors (Lipinski definition) is 7. The molecule has 0 aromatic heterocycles. The molecule has 1 heterocycles. The van der Waals surface area contributed by atoms with E-state index in [1.165, 1.54) is 6.92 Å². The molecule has 0 aliphatic carbocycles. The third-order valence-electron chi connectivity index (χ3n) is 2.68. The van der Waals surface area contributed by atoms with Crippen LogP contribution in [0.15, 0.2) is 0 Å². The smallest absolute Gasteiger partial charge is 0.305 e.